The lowest BCUT2D eigenvalue weighted by molar-refractivity contribution is 1.06. The van der Waals surface area contributed by atoms with Gasteiger partial charge in [0.2, 0.25) is 5.95 Å². The van der Waals surface area contributed by atoms with Gasteiger partial charge in [-0.25, -0.2) is 19.9 Å². The van der Waals surface area contributed by atoms with Gasteiger partial charge in [0, 0.05) is 11.7 Å². The molecule has 0 aliphatic heterocycles. The summed E-state index contributed by atoms with van der Waals surface area (Å²) in [5.41, 5.74) is 3.74. The maximum absolute atomic E-state index is 4.58. The molecule has 6 nitrogen and oxygen atoms in total. The highest BCUT2D eigenvalue weighted by Gasteiger charge is 2.22. The van der Waals surface area contributed by atoms with Gasteiger partial charge in [0.25, 0.3) is 0 Å². The molecule has 3 aromatic rings. The molecule has 1 aromatic carbocycles. The molecule has 116 valence electrons. The van der Waals surface area contributed by atoms with Crippen molar-refractivity contribution in [3.63, 3.8) is 0 Å². The summed E-state index contributed by atoms with van der Waals surface area (Å²) in [6.45, 7) is 2.14. The molecule has 23 heavy (non-hydrogen) atoms. The molecule has 0 amide bonds. The van der Waals surface area contributed by atoms with Crippen LogP contribution < -0.4 is 10.6 Å². The van der Waals surface area contributed by atoms with Crippen molar-refractivity contribution in [2.24, 2.45) is 0 Å². The normalized spacial score (nSPS) is 14.0. The molecule has 0 radical (unpaired) electrons. The van der Waals surface area contributed by atoms with Crippen LogP contribution in [0.2, 0.25) is 0 Å². The van der Waals surface area contributed by atoms with Crippen molar-refractivity contribution in [1.29, 1.82) is 0 Å². The van der Waals surface area contributed by atoms with E-state index in [0.29, 0.717) is 17.8 Å². The van der Waals surface area contributed by atoms with E-state index in [4.69, 9.17) is 0 Å². The fourth-order valence-corrected chi connectivity index (χ4v) is 2.43. The molecule has 1 aliphatic carbocycles. The number of rotatable bonds is 5. The van der Waals surface area contributed by atoms with Crippen molar-refractivity contribution in [1.82, 2.24) is 19.9 Å². The van der Waals surface area contributed by atoms with Crippen molar-refractivity contribution in [2.45, 2.75) is 32.2 Å². The second-order valence-electron chi connectivity index (χ2n) is 5.75. The van der Waals surface area contributed by atoms with Crippen molar-refractivity contribution >= 4 is 28.5 Å². The summed E-state index contributed by atoms with van der Waals surface area (Å²) in [4.78, 5) is 17.5. The van der Waals surface area contributed by atoms with Gasteiger partial charge in [0.05, 0.1) is 6.20 Å². The van der Waals surface area contributed by atoms with Crippen LogP contribution in [-0.4, -0.2) is 26.0 Å². The molecule has 1 fully saturated rings. The molecule has 4 rings (SSSR count). The third-order valence-electron chi connectivity index (χ3n) is 3.89. The average Bonchev–Trinajstić information content (AvgIpc) is 3.40. The van der Waals surface area contributed by atoms with Crippen LogP contribution in [0.15, 0.2) is 36.8 Å². The van der Waals surface area contributed by atoms with Gasteiger partial charge in [-0.2, -0.15) is 0 Å². The third kappa shape index (κ3) is 3.06. The Kier molecular flexibility index (Phi) is 3.49. The predicted octanol–water partition coefficient (Wildman–Crippen LogP) is 3.30. The Labute approximate surface area is 134 Å². The first-order chi connectivity index (χ1) is 11.3. The lowest BCUT2D eigenvalue weighted by atomic mass is 10.1. The number of hydrogen-bond donors (Lipinski definition) is 2. The van der Waals surface area contributed by atoms with E-state index in [9.17, 15) is 0 Å². The van der Waals surface area contributed by atoms with Crippen molar-refractivity contribution < 1.29 is 0 Å². The quantitative estimate of drug-likeness (QED) is 0.753. The number of aryl methyl sites for hydroxylation is 1. The number of benzene rings is 1. The smallest absolute Gasteiger partial charge is 0.223 e. The van der Waals surface area contributed by atoms with Gasteiger partial charge in [-0.1, -0.05) is 19.1 Å². The van der Waals surface area contributed by atoms with E-state index in [0.717, 1.165) is 23.1 Å². The summed E-state index contributed by atoms with van der Waals surface area (Å²) in [7, 11) is 0. The minimum Gasteiger partial charge on any atom is -0.351 e. The van der Waals surface area contributed by atoms with Gasteiger partial charge < -0.3 is 10.6 Å². The Morgan fingerprint density at radius 3 is 2.91 bits per heavy atom. The summed E-state index contributed by atoms with van der Waals surface area (Å²) in [6.07, 6.45) is 6.63. The maximum atomic E-state index is 4.58. The number of hydrogen-bond acceptors (Lipinski definition) is 6. The standard InChI is InChI=1S/C17H18N6/c1-2-11-4-3-5-13(8-11)21-16-15-14(19-10-20-16)9-18-17(23-15)22-12-6-7-12/h3-5,8-10,12H,2,6-7H2,1H3,(H,18,22,23)(H,19,20,21). The molecule has 0 spiro atoms. The molecular weight excluding hydrogens is 288 g/mol. The molecule has 6 heteroatoms. The van der Waals surface area contributed by atoms with Gasteiger partial charge in [-0.05, 0) is 37.0 Å². The lowest BCUT2D eigenvalue weighted by Gasteiger charge is -2.10. The van der Waals surface area contributed by atoms with Crippen molar-refractivity contribution in [3.05, 3.63) is 42.4 Å². The molecule has 2 N–H and O–H groups in total. The average molecular weight is 306 g/mol. The molecule has 0 bridgehead atoms. The minimum absolute atomic E-state index is 0.509. The summed E-state index contributed by atoms with van der Waals surface area (Å²) in [6, 6.07) is 8.81. The SMILES string of the molecule is CCc1cccc(Nc2ncnc3cnc(NC4CC4)nc23)c1. The molecule has 1 aliphatic rings. The Morgan fingerprint density at radius 1 is 1.17 bits per heavy atom. The van der Waals surface area contributed by atoms with Crippen LogP contribution >= 0.6 is 0 Å². The second kappa shape index (κ2) is 5.79. The minimum atomic E-state index is 0.509. The van der Waals surface area contributed by atoms with E-state index in [1.54, 1.807) is 6.20 Å². The number of nitrogens with one attached hydrogen (secondary N) is 2. The largest absolute Gasteiger partial charge is 0.351 e. The van der Waals surface area contributed by atoms with Gasteiger partial charge in [0.1, 0.15) is 17.4 Å². The van der Waals surface area contributed by atoms with E-state index in [1.165, 1.54) is 24.7 Å². The predicted molar refractivity (Wildman–Crippen MR) is 90.9 cm³/mol. The van der Waals surface area contributed by atoms with Crippen LogP contribution in [0.3, 0.4) is 0 Å². The third-order valence-corrected chi connectivity index (χ3v) is 3.89. The molecule has 2 heterocycles. The van der Waals surface area contributed by atoms with E-state index in [-0.39, 0.29) is 0 Å². The topological polar surface area (TPSA) is 75.6 Å². The van der Waals surface area contributed by atoms with E-state index < -0.39 is 0 Å². The molecular formula is C17H18N6. The van der Waals surface area contributed by atoms with Crippen LogP contribution in [0.5, 0.6) is 0 Å². The van der Waals surface area contributed by atoms with Crippen LogP contribution in [0, 0.1) is 0 Å². The zero-order valence-corrected chi connectivity index (χ0v) is 13.0. The summed E-state index contributed by atoms with van der Waals surface area (Å²) >= 11 is 0. The van der Waals surface area contributed by atoms with Gasteiger partial charge in [-0.15, -0.1) is 0 Å². The van der Waals surface area contributed by atoms with Gasteiger partial charge in [0.15, 0.2) is 5.82 Å². The number of aromatic nitrogens is 4. The number of anilines is 3. The number of fused-ring (bicyclic) bond motifs is 1. The van der Waals surface area contributed by atoms with Gasteiger partial charge >= 0.3 is 0 Å². The highest BCUT2D eigenvalue weighted by molar-refractivity contribution is 5.87. The Hall–Kier alpha value is -2.76. The first-order valence-electron chi connectivity index (χ1n) is 7.92. The Morgan fingerprint density at radius 2 is 2.09 bits per heavy atom. The summed E-state index contributed by atoms with van der Waals surface area (Å²) in [5.74, 6) is 1.34. The molecule has 0 unspecified atom stereocenters. The molecule has 1 saturated carbocycles. The zero-order valence-electron chi connectivity index (χ0n) is 13.0. The van der Waals surface area contributed by atoms with Crippen molar-refractivity contribution in [2.75, 3.05) is 10.6 Å². The fraction of sp³-hybridized carbons (Fsp3) is 0.294. The first-order valence-corrected chi connectivity index (χ1v) is 7.92. The maximum Gasteiger partial charge on any atom is 0.223 e. The lowest BCUT2D eigenvalue weighted by Crippen LogP contribution is -2.06. The first kappa shape index (κ1) is 13.9. The monoisotopic (exact) mass is 306 g/mol. The van der Waals surface area contributed by atoms with E-state index in [2.05, 4.69) is 49.6 Å². The fourth-order valence-electron chi connectivity index (χ4n) is 2.43. The van der Waals surface area contributed by atoms with Crippen LogP contribution in [-0.2, 0) is 6.42 Å². The number of nitrogens with zero attached hydrogens (tertiary/aromatic N) is 4. The summed E-state index contributed by atoms with van der Waals surface area (Å²) < 4.78 is 0. The second-order valence-corrected chi connectivity index (χ2v) is 5.75. The highest BCUT2D eigenvalue weighted by atomic mass is 15.1. The Bertz CT molecular complexity index is 843. The Balaban J connectivity index is 1.69. The van der Waals surface area contributed by atoms with Crippen LogP contribution in [0.1, 0.15) is 25.3 Å². The van der Waals surface area contributed by atoms with Crippen LogP contribution in [0.25, 0.3) is 11.0 Å². The highest BCUT2D eigenvalue weighted by Crippen LogP contribution is 2.25. The molecule has 0 saturated heterocycles. The van der Waals surface area contributed by atoms with E-state index >= 15 is 0 Å². The van der Waals surface area contributed by atoms with Crippen molar-refractivity contribution in [3.8, 4) is 0 Å². The summed E-state index contributed by atoms with van der Waals surface area (Å²) in [5, 5.41) is 6.66. The van der Waals surface area contributed by atoms with Crippen LogP contribution in [0.4, 0.5) is 17.5 Å². The molecule has 0 atom stereocenters. The molecule has 2 aromatic heterocycles. The van der Waals surface area contributed by atoms with Gasteiger partial charge in [-0.3, -0.25) is 0 Å². The van der Waals surface area contributed by atoms with E-state index in [1.807, 2.05) is 12.1 Å². The zero-order chi connectivity index (χ0) is 15.6.